The molecule has 0 saturated carbocycles. The van der Waals surface area contributed by atoms with Gasteiger partial charge in [0, 0.05) is 12.0 Å². The maximum Gasteiger partial charge on any atom is 0.286 e. The Kier molecular flexibility index (Phi) is 1.92. The summed E-state index contributed by atoms with van der Waals surface area (Å²) in [4.78, 5) is 0. The van der Waals surface area contributed by atoms with Crippen LogP contribution in [0.25, 0.3) is 0 Å². The van der Waals surface area contributed by atoms with Gasteiger partial charge in [0.15, 0.2) is 0 Å². The van der Waals surface area contributed by atoms with Gasteiger partial charge in [0.05, 0.1) is 6.54 Å². The number of hydrogen-bond acceptors (Lipinski definition) is 2. The van der Waals surface area contributed by atoms with E-state index in [0.717, 1.165) is 0 Å². The summed E-state index contributed by atoms with van der Waals surface area (Å²) in [7, 11) is 0. The third-order valence-corrected chi connectivity index (χ3v) is 2.08. The van der Waals surface area contributed by atoms with E-state index in [2.05, 4.69) is 5.32 Å². The number of nitrogens with one attached hydrogen (secondary N) is 1. The maximum atomic E-state index is 12.8. The van der Waals surface area contributed by atoms with E-state index in [1.807, 2.05) is 0 Å². The first-order valence-corrected chi connectivity index (χ1v) is 3.63. The molecule has 2 nitrogen and oxygen atoms in total. The molecule has 0 aromatic carbocycles. The minimum atomic E-state index is -2.98. The second-order valence-electron chi connectivity index (χ2n) is 3.76. The highest BCUT2D eigenvalue weighted by atomic mass is 19.3. The van der Waals surface area contributed by atoms with Crippen molar-refractivity contribution in [2.75, 3.05) is 13.1 Å². The van der Waals surface area contributed by atoms with Gasteiger partial charge in [-0.15, -0.1) is 0 Å². The fraction of sp³-hybridized carbons (Fsp3) is 1.00. The third-order valence-electron chi connectivity index (χ3n) is 2.08. The molecule has 0 radical (unpaired) electrons. The number of halogens is 2. The average molecular weight is 165 g/mol. The SMILES string of the molecule is CC1(C)CNCC(F)(F)[C@@H]1O. The Morgan fingerprint density at radius 1 is 1.36 bits per heavy atom. The predicted octanol–water partition coefficient (Wildman–Crippen LogP) is 0.612. The zero-order chi connectivity index (χ0) is 8.70. The van der Waals surface area contributed by atoms with E-state index in [1.54, 1.807) is 13.8 Å². The van der Waals surface area contributed by atoms with Crippen LogP contribution in [0.4, 0.5) is 8.78 Å². The molecule has 0 aliphatic carbocycles. The summed E-state index contributed by atoms with van der Waals surface area (Å²) >= 11 is 0. The molecule has 1 atom stereocenters. The zero-order valence-electron chi connectivity index (χ0n) is 6.69. The van der Waals surface area contributed by atoms with Crippen molar-refractivity contribution in [3.05, 3.63) is 0 Å². The normalized spacial score (nSPS) is 35.2. The monoisotopic (exact) mass is 165 g/mol. The molecule has 66 valence electrons. The molecule has 11 heavy (non-hydrogen) atoms. The zero-order valence-corrected chi connectivity index (χ0v) is 6.69. The average Bonchev–Trinajstić information content (AvgIpc) is 1.82. The smallest absolute Gasteiger partial charge is 0.286 e. The fourth-order valence-corrected chi connectivity index (χ4v) is 1.32. The number of aliphatic hydroxyl groups excluding tert-OH is 1. The lowest BCUT2D eigenvalue weighted by molar-refractivity contribution is -0.168. The molecule has 0 aromatic rings. The molecule has 0 bridgehead atoms. The van der Waals surface area contributed by atoms with Gasteiger partial charge in [-0.2, -0.15) is 0 Å². The van der Waals surface area contributed by atoms with Gasteiger partial charge in [0.25, 0.3) is 5.92 Å². The van der Waals surface area contributed by atoms with Crippen molar-refractivity contribution in [2.24, 2.45) is 5.41 Å². The van der Waals surface area contributed by atoms with Gasteiger partial charge in [0.2, 0.25) is 0 Å². The Morgan fingerprint density at radius 3 is 2.27 bits per heavy atom. The summed E-state index contributed by atoms with van der Waals surface area (Å²) in [6.07, 6.45) is -1.53. The topological polar surface area (TPSA) is 32.3 Å². The van der Waals surface area contributed by atoms with Crippen LogP contribution in [-0.2, 0) is 0 Å². The molecule has 0 amide bonds. The molecular weight excluding hydrogens is 152 g/mol. The van der Waals surface area contributed by atoms with E-state index >= 15 is 0 Å². The van der Waals surface area contributed by atoms with Crippen molar-refractivity contribution in [2.45, 2.75) is 25.9 Å². The van der Waals surface area contributed by atoms with Gasteiger partial charge in [-0.25, -0.2) is 8.78 Å². The van der Waals surface area contributed by atoms with Gasteiger partial charge in [-0.1, -0.05) is 13.8 Å². The molecule has 1 fully saturated rings. The standard InChI is InChI=1S/C7H13F2NO/c1-6(2)3-10-4-7(8,9)5(6)11/h5,10-11H,3-4H2,1-2H3/t5-/m1/s1. The number of rotatable bonds is 0. The first-order valence-electron chi connectivity index (χ1n) is 3.63. The highest BCUT2D eigenvalue weighted by Crippen LogP contribution is 2.34. The van der Waals surface area contributed by atoms with Gasteiger partial charge >= 0.3 is 0 Å². The van der Waals surface area contributed by atoms with Gasteiger partial charge in [-0.05, 0) is 0 Å². The first kappa shape index (κ1) is 8.87. The molecule has 1 rings (SSSR count). The van der Waals surface area contributed by atoms with Crippen LogP contribution >= 0.6 is 0 Å². The fourth-order valence-electron chi connectivity index (χ4n) is 1.32. The first-order chi connectivity index (χ1) is 4.86. The van der Waals surface area contributed by atoms with E-state index in [9.17, 15) is 13.9 Å². The van der Waals surface area contributed by atoms with Crippen molar-refractivity contribution in [3.63, 3.8) is 0 Å². The highest BCUT2D eigenvalue weighted by Gasteiger charge is 2.50. The minimum absolute atomic E-state index is 0.419. The molecule has 1 heterocycles. The molecule has 1 saturated heterocycles. The lowest BCUT2D eigenvalue weighted by Gasteiger charge is -2.40. The Labute approximate surface area is 64.6 Å². The number of aliphatic hydroxyl groups is 1. The van der Waals surface area contributed by atoms with Crippen LogP contribution in [0, 0.1) is 5.41 Å². The molecule has 1 aliphatic heterocycles. The minimum Gasteiger partial charge on any atom is -0.386 e. The quantitative estimate of drug-likeness (QED) is 0.551. The second-order valence-corrected chi connectivity index (χ2v) is 3.76. The summed E-state index contributed by atoms with van der Waals surface area (Å²) < 4.78 is 25.6. The Hall–Kier alpha value is -0.220. The summed E-state index contributed by atoms with van der Waals surface area (Å²) in [6.45, 7) is 3.26. The van der Waals surface area contributed by atoms with Crippen molar-refractivity contribution in [1.82, 2.24) is 5.32 Å². The highest BCUT2D eigenvalue weighted by molar-refractivity contribution is 4.95. The largest absolute Gasteiger partial charge is 0.386 e. The summed E-state index contributed by atoms with van der Waals surface area (Å²) in [5.74, 6) is -2.98. The Balaban J connectivity index is 2.76. The Morgan fingerprint density at radius 2 is 1.91 bits per heavy atom. The van der Waals surface area contributed by atoms with Crippen LogP contribution in [0.15, 0.2) is 0 Å². The second kappa shape index (κ2) is 2.38. The van der Waals surface area contributed by atoms with E-state index in [-0.39, 0.29) is 0 Å². The van der Waals surface area contributed by atoms with Gasteiger partial charge in [0.1, 0.15) is 6.10 Å². The number of piperidine rings is 1. The van der Waals surface area contributed by atoms with Gasteiger partial charge < -0.3 is 10.4 Å². The van der Waals surface area contributed by atoms with Crippen molar-refractivity contribution in [3.8, 4) is 0 Å². The number of hydrogen-bond donors (Lipinski definition) is 2. The van der Waals surface area contributed by atoms with Crippen LogP contribution in [0.2, 0.25) is 0 Å². The van der Waals surface area contributed by atoms with Crippen molar-refractivity contribution < 1.29 is 13.9 Å². The molecule has 2 N–H and O–H groups in total. The molecular formula is C7H13F2NO. The summed E-state index contributed by atoms with van der Waals surface area (Å²) in [6, 6.07) is 0. The molecule has 0 spiro atoms. The van der Waals surface area contributed by atoms with Crippen LogP contribution in [-0.4, -0.2) is 30.2 Å². The maximum absolute atomic E-state index is 12.8. The predicted molar refractivity (Wildman–Crippen MR) is 37.6 cm³/mol. The third kappa shape index (κ3) is 1.51. The molecule has 0 aromatic heterocycles. The van der Waals surface area contributed by atoms with E-state index in [4.69, 9.17) is 0 Å². The number of alkyl halides is 2. The van der Waals surface area contributed by atoms with E-state index < -0.39 is 24.0 Å². The summed E-state index contributed by atoms with van der Waals surface area (Å²) in [5, 5.41) is 11.8. The Bertz CT molecular complexity index is 143. The van der Waals surface area contributed by atoms with Crippen LogP contribution in [0.5, 0.6) is 0 Å². The van der Waals surface area contributed by atoms with Crippen LogP contribution < -0.4 is 5.32 Å². The summed E-state index contributed by atoms with van der Waals surface area (Å²) in [5.41, 5.74) is -0.734. The molecule has 1 aliphatic rings. The molecule has 4 heteroatoms. The van der Waals surface area contributed by atoms with E-state index in [0.29, 0.717) is 6.54 Å². The lowest BCUT2D eigenvalue weighted by atomic mass is 9.80. The van der Waals surface area contributed by atoms with Crippen LogP contribution in [0.3, 0.4) is 0 Å². The molecule has 0 unspecified atom stereocenters. The van der Waals surface area contributed by atoms with E-state index in [1.165, 1.54) is 0 Å². The van der Waals surface area contributed by atoms with Crippen molar-refractivity contribution in [1.29, 1.82) is 0 Å². The van der Waals surface area contributed by atoms with Crippen LogP contribution in [0.1, 0.15) is 13.8 Å². The van der Waals surface area contributed by atoms with Gasteiger partial charge in [-0.3, -0.25) is 0 Å². The lowest BCUT2D eigenvalue weighted by Crippen LogP contribution is -2.59. The van der Waals surface area contributed by atoms with Crippen molar-refractivity contribution >= 4 is 0 Å².